The summed E-state index contributed by atoms with van der Waals surface area (Å²) in [5, 5.41) is 8.33. The Hall–Kier alpha value is -0.160. The van der Waals surface area contributed by atoms with E-state index in [1.54, 1.807) is 0 Å². The maximum absolute atomic E-state index is 8.33. The lowest BCUT2D eigenvalue weighted by molar-refractivity contribution is -0.0240. The normalized spacial score (nSPS) is 20.5. The van der Waals surface area contributed by atoms with Gasteiger partial charge in [0.2, 0.25) is 0 Å². The van der Waals surface area contributed by atoms with E-state index in [1.165, 1.54) is 0 Å². The van der Waals surface area contributed by atoms with Crippen molar-refractivity contribution in [3.63, 3.8) is 0 Å². The molecule has 0 aliphatic carbocycles. The fourth-order valence-corrected chi connectivity index (χ4v) is 1.08. The largest absolute Gasteiger partial charge is 0.379 e. The number of rotatable bonds is 4. The minimum absolute atomic E-state index is 0.176. The number of ether oxygens (including phenoxy) is 2. The zero-order valence-corrected chi connectivity index (χ0v) is 6.66. The van der Waals surface area contributed by atoms with E-state index in [1.807, 2.05) is 0 Å². The van der Waals surface area contributed by atoms with Gasteiger partial charge in [0.25, 0.3) is 0 Å². The molecule has 1 aliphatic heterocycles. The fraction of sp³-hybridized carbons (Fsp3) is 1.00. The van der Waals surface area contributed by atoms with E-state index in [9.17, 15) is 0 Å². The van der Waals surface area contributed by atoms with Crippen LogP contribution in [-0.4, -0.2) is 56.3 Å². The molecule has 0 aromatic heterocycles. The summed E-state index contributed by atoms with van der Waals surface area (Å²) >= 11 is 0. The molecule has 0 aromatic carbocycles. The Morgan fingerprint density at radius 2 is 2.09 bits per heavy atom. The van der Waals surface area contributed by atoms with E-state index in [-0.39, 0.29) is 6.79 Å². The minimum atomic E-state index is -0.176. The van der Waals surface area contributed by atoms with Crippen LogP contribution in [0.2, 0.25) is 0 Å². The molecule has 1 saturated heterocycles. The van der Waals surface area contributed by atoms with Crippen molar-refractivity contribution >= 4 is 0 Å². The van der Waals surface area contributed by atoms with Crippen LogP contribution in [0.15, 0.2) is 0 Å². The van der Waals surface area contributed by atoms with Gasteiger partial charge < -0.3 is 14.6 Å². The van der Waals surface area contributed by atoms with E-state index >= 15 is 0 Å². The number of hydrogen-bond acceptors (Lipinski definition) is 4. The molecular formula is C7H15NO3. The second-order valence-corrected chi connectivity index (χ2v) is 2.49. The van der Waals surface area contributed by atoms with Gasteiger partial charge in [-0.3, -0.25) is 4.90 Å². The lowest BCUT2D eigenvalue weighted by Gasteiger charge is -2.26. The molecule has 0 saturated carbocycles. The molecule has 1 rings (SSSR count). The summed E-state index contributed by atoms with van der Waals surface area (Å²) in [4.78, 5) is 2.26. The van der Waals surface area contributed by atoms with E-state index in [0.29, 0.717) is 6.61 Å². The van der Waals surface area contributed by atoms with Crippen LogP contribution >= 0.6 is 0 Å². The van der Waals surface area contributed by atoms with E-state index in [2.05, 4.69) is 4.90 Å². The van der Waals surface area contributed by atoms with Gasteiger partial charge in [0.1, 0.15) is 6.79 Å². The zero-order chi connectivity index (χ0) is 7.94. The van der Waals surface area contributed by atoms with Crippen LogP contribution in [0.4, 0.5) is 0 Å². The van der Waals surface area contributed by atoms with Gasteiger partial charge in [-0.2, -0.15) is 0 Å². The number of morpholine rings is 1. The Morgan fingerprint density at radius 1 is 1.36 bits per heavy atom. The quantitative estimate of drug-likeness (QED) is 0.436. The first-order valence-electron chi connectivity index (χ1n) is 3.92. The Bertz CT molecular complexity index is 93.7. The molecule has 0 spiro atoms. The monoisotopic (exact) mass is 161 g/mol. The third-order valence-electron chi connectivity index (χ3n) is 1.75. The van der Waals surface area contributed by atoms with Crippen molar-refractivity contribution < 1.29 is 14.6 Å². The summed E-state index contributed by atoms with van der Waals surface area (Å²) in [5.74, 6) is 0. The number of aliphatic hydroxyl groups excluding tert-OH is 1. The molecule has 1 heterocycles. The van der Waals surface area contributed by atoms with Crippen molar-refractivity contribution in [1.82, 2.24) is 4.90 Å². The minimum Gasteiger partial charge on any atom is -0.379 e. The average Bonchev–Trinajstić information content (AvgIpc) is 2.07. The molecule has 0 atom stereocenters. The van der Waals surface area contributed by atoms with Crippen LogP contribution in [-0.2, 0) is 9.47 Å². The molecule has 4 heteroatoms. The van der Waals surface area contributed by atoms with Crippen molar-refractivity contribution in [3.05, 3.63) is 0 Å². The summed E-state index contributed by atoms with van der Waals surface area (Å²) in [6, 6.07) is 0. The molecule has 0 aromatic rings. The van der Waals surface area contributed by atoms with E-state index in [0.717, 1.165) is 32.8 Å². The molecule has 0 bridgehead atoms. The molecule has 1 aliphatic rings. The summed E-state index contributed by atoms with van der Waals surface area (Å²) in [7, 11) is 0. The van der Waals surface area contributed by atoms with Gasteiger partial charge >= 0.3 is 0 Å². The fourth-order valence-electron chi connectivity index (χ4n) is 1.08. The van der Waals surface area contributed by atoms with Crippen LogP contribution in [0.1, 0.15) is 0 Å². The molecule has 0 amide bonds. The van der Waals surface area contributed by atoms with E-state index < -0.39 is 0 Å². The molecule has 66 valence electrons. The van der Waals surface area contributed by atoms with Gasteiger partial charge in [0.05, 0.1) is 19.8 Å². The highest BCUT2D eigenvalue weighted by Crippen LogP contribution is 1.95. The SMILES string of the molecule is OCOCCN1CCOCC1. The van der Waals surface area contributed by atoms with Gasteiger partial charge in [0, 0.05) is 19.6 Å². The Morgan fingerprint density at radius 3 is 2.73 bits per heavy atom. The van der Waals surface area contributed by atoms with Crippen molar-refractivity contribution in [2.24, 2.45) is 0 Å². The highest BCUT2D eigenvalue weighted by molar-refractivity contribution is 4.60. The van der Waals surface area contributed by atoms with Gasteiger partial charge in [-0.25, -0.2) is 0 Å². The maximum atomic E-state index is 8.33. The summed E-state index contributed by atoms with van der Waals surface area (Å²) in [6.07, 6.45) is 0. The van der Waals surface area contributed by atoms with Crippen molar-refractivity contribution in [2.45, 2.75) is 0 Å². The first-order chi connectivity index (χ1) is 5.43. The molecular weight excluding hydrogens is 146 g/mol. The van der Waals surface area contributed by atoms with E-state index in [4.69, 9.17) is 14.6 Å². The highest BCUT2D eigenvalue weighted by Gasteiger charge is 2.08. The standard InChI is InChI=1S/C7H15NO3/c9-7-11-6-3-8-1-4-10-5-2-8/h9H,1-7H2. The Balaban J connectivity index is 1.96. The smallest absolute Gasteiger partial charge is 0.143 e. The highest BCUT2D eigenvalue weighted by atomic mass is 16.6. The lowest BCUT2D eigenvalue weighted by Crippen LogP contribution is -2.38. The number of nitrogens with zero attached hydrogens (tertiary/aromatic N) is 1. The number of aliphatic hydroxyl groups is 1. The second-order valence-electron chi connectivity index (χ2n) is 2.49. The lowest BCUT2D eigenvalue weighted by atomic mass is 10.4. The predicted octanol–water partition coefficient (Wildman–Crippen LogP) is -0.715. The zero-order valence-electron chi connectivity index (χ0n) is 6.66. The van der Waals surface area contributed by atoms with Crippen LogP contribution in [0.5, 0.6) is 0 Å². The third-order valence-corrected chi connectivity index (χ3v) is 1.75. The molecule has 0 unspecified atom stereocenters. The molecule has 1 fully saturated rings. The van der Waals surface area contributed by atoms with Crippen molar-refractivity contribution in [3.8, 4) is 0 Å². The molecule has 0 radical (unpaired) electrons. The van der Waals surface area contributed by atoms with Gasteiger partial charge in [-0.05, 0) is 0 Å². The topological polar surface area (TPSA) is 41.9 Å². The van der Waals surface area contributed by atoms with Gasteiger partial charge in [-0.15, -0.1) is 0 Å². The first kappa shape index (κ1) is 8.93. The van der Waals surface area contributed by atoms with Crippen LogP contribution in [0, 0.1) is 0 Å². The maximum Gasteiger partial charge on any atom is 0.143 e. The van der Waals surface area contributed by atoms with Gasteiger partial charge in [-0.1, -0.05) is 0 Å². The second kappa shape index (κ2) is 5.49. The molecule has 1 N–H and O–H groups in total. The van der Waals surface area contributed by atoms with Crippen LogP contribution in [0.25, 0.3) is 0 Å². The summed E-state index contributed by atoms with van der Waals surface area (Å²) < 4.78 is 9.98. The Kier molecular flexibility index (Phi) is 4.45. The molecule has 11 heavy (non-hydrogen) atoms. The third kappa shape index (κ3) is 3.67. The van der Waals surface area contributed by atoms with Crippen molar-refractivity contribution in [2.75, 3.05) is 46.2 Å². The first-order valence-corrected chi connectivity index (χ1v) is 3.92. The van der Waals surface area contributed by atoms with Crippen LogP contribution < -0.4 is 0 Å². The van der Waals surface area contributed by atoms with Gasteiger partial charge in [0.15, 0.2) is 0 Å². The summed E-state index contributed by atoms with van der Waals surface area (Å²) in [5.41, 5.74) is 0. The predicted molar refractivity (Wildman–Crippen MR) is 40.3 cm³/mol. The van der Waals surface area contributed by atoms with Crippen molar-refractivity contribution in [1.29, 1.82) is 0 Å². The Labute approximate surface area is 66.7 Å². The molecule has 4 nitrogen and oxygen atoms in total. The average molecular weight is 161 g/mol. The number of hydrogen-bond donors (Lipinski definition) is 1. The van der Waals surface area contributed by atoms with Crippen LogP contribution in [0.3, 0.4) is 0 Å². The summed E-state index contributed by atoms with van der Waals surface area (Å²) in [6.45, 7) is 4.92.